The van der Waals surface area contributed by atoms with Gasteiger partial charge in [-0.25, -0.2) is 14.5 Å². The molecule has 0 aromatic heterocycles. The molecule has 1 aliphatic heterocycles. The second kappa shape index (κ2) is 8.45. The van der Waals surface area contributed by atoms with Gasteiger partial charge in [-0.15, -0.1) is 0 Å². The number of carboxylic acid groups (broad SMARTS) is 1. The second-order valence-electron chi connectivity index (χ2n) is 6.23. The minimum Gasteiger partial charge on any atom is -0.493 e. The Balaban J connectivity index is 2.03. The normalized spacial score (nSPS) is 15.1. The molecule has 0 aliphatic carbocycles. The van der Waals surface area contributed by atoms with Crippen molar-refractivity contribution in [1.29, 1.82) is 0 Å². The van der Waals surface area contributed by atoms with Gasteiger partial charge in [0.15, 0.2) is 0 Å². The molecule has 11 nitrogen and oxygen atoms in total. The number of aromatic carboxylic acids is 1. The number of ether oxygens (including phenoxy) is 1. The van der Waals surface area contributed by atoms with Crippen LogP contribution in [0.3, 0.4) is 0 Å². The van der Waals surface area contributed by atoms with Crippen molar-refractivity contribution in [2.75, 3.05) is 11.5 Å². The molecule has 158 valence electrons. The molecule has 0 radical (unpaired) electrons. The first kappa shape index (κ1) is 21.2. The lowest BCUT2D eigenvalue weighted by Gasteiger charge is -2.26. The molecule has 2 aromatic rings. The smallest absolute Gasteiger partial charge is 0.339 e. The van der Waals surface area contributed by atoms with Gasteiger partial charge >= 0.3 is 12.0 Å². The molecule has 31 heavy (non-hydrogen) atoms. The van der Waals surface area contributed by atoms with Gasteiger partial charge in [-0.3, -0.25) is 25.0 Å². The SMILES string of the molecule is CCOc1ccc(/C=C2\C(=O)NC(=O)N(c3cccc([N+](=O)[O-])c3)C2=O)cc1C(=O)O. The maximum absolute atomic E-state index is 12.9. The van der Waals surface area contributed by atoms with Gasteiger partial charge in [-0.05, 0) is 36.8 Å². The van der Waals surface area contributed by atoms with E-state index < -0.39 is 34.3 Å². The van der Waals surface area contributed by atoms with Crippen molar-refractivity contribution < 1.29 is 33.9 Å². The molecule has 0 unspecified atom stereocenters. The molecule has 1 fully saturated rings. The van der Waals surface area contributed by atoms with Crippen molar-refractivity contribution in [3.8, 4) is 5.75 Å². The largest absolute Gasteiger partial charge is 0.493 e. The number of nitrogens with zero attached hydrogens (tertiary/aromatic N) is 2. The van der Waals surface area contributed by atoms with Crippen LogP contribution in [0, 0.1) is 10.1 Å². The maximum atomic E-state index is 12.9. The number of carboxylic acids is 1. The number of rotatable bonds is 6. The summed E-state index contributed by atoms with van der Waals surface area (Å²) in [4.78, 5) is 59.8. The number of carbonyl (C=O) groups is 4. The van der Waals surface area contributed by atoms with Crippen LogP contribution in [0.4, 0.5) is 16.2 Å². The van der Waals surface area contributed by atoms with Crippen LogP contribution in [0.2, 0.25) is 0 Å². The van der Waals surface area contributed by atoms with Crippen LogP contribution < -0.4 is 15.0 Å². The molecule has 1 heterocycles. The van der Waals surface area contributed by atoms with Gasteiger partial charge in [0.1, 0.15) is 16.9 Å². The van der Waals surface area contributed by atoms with E-state index in [2.05, 4.69) is 0 Å². The van der Waals surface area contributed by atoms with E-state index in [1.165, 1.54) is 36.4 Å². The highest BCUT2D eigenvalue weighted by Crippen LogP contribution is 2.27. The zero-order chi connectivity index (χ0) is 22.7. The summed E-state index contributed by atoms with van der Waals surface area (Å²) in [5.74, 6) is -3.15. The van der Waals surface area contributed by atoms with Gasteiger partial charge in [0.25, 0.3) is 17.5 Å². The van der Waals surface area contributed by atoms with Gasteiger partial charge < -0.3 is 9.84 Å². The molecule has 4 amide bonds. The Morgan fingerprint density at radius 3 is 2.61 bits per heavy atom. The van der Waals surface area contributed by atoms with Crippen LogP contribution in [0.5, 0.6) is 5.75 Å². The zero-order valence-corrected chi connectivity index (χ0v) is 16.0. The Kier molecular flexibility index (Phi) is 5.77. The average molecular weight is 425 g/mol. The maximum Gasteiger partial charge on any atom is 0.339 e. The molecule has 0 atom stereocenters. The summed E-state index contributed by atoms with van der Waals surface area (Å²) < 4.78 is 5.25. The van der Waals surface area contributed by atoms with E-state index in [0.717, 1.165) is 12.1 Å². The lowest BCUT2D eigenvalue weighted by molar-refractivity contribution is -0.384. The van der Waals surface area contributed by atoms with E-state index in [4.69, 9.17) is 4.74 Å². The summed E-state index contributed by atoms with van der Waals surface area (Å²) in [6, 6.07) is 7.78. The summed E-state index contributed by atoms with van der Waals surface area (Å²) in [6.07, 6.45) is 1.12. The molecular formula is C20H15N3O8. The first-order chi connectivity index (χ1) is 14.7. The summed E-state index contributed by atoms with van der Waals surface area (Å²) in [5.41, 5.74) is -0.878. The highest BCUT2D eigenvalue weighted by Gasteiger charge is 2.37. The third kappa shape index (κ3) is 4.24. The van der Waals surface area contributed by atoms with Crippen molar-refractivity contribution in [2.24, 2.45) is 0 Å². The number of nitrogens with one attached hydrogen (secondary N) is 1. The van der Waals surface area contributed by atoms with Crippen LogP contribution in [0.1, 0.15) is 22.8 Å². The van der Waals surface area contributed by atoms with Crippen LogP contribution in [-0.4, -0.2) is 40.5 Å². The van der Waals surface area contributed by atoms with E-state index in [1.807, 2.05) is 5.32 Å². The third-order valence-electron chi connectivity index (χ3n) is 4.25. The summed E-state index contributed by atoms with van der Waals surface area (Å²) in [6.45, 7) is 1.92. The number of amides is 4. The van der Waals surface area contributed by atoms with Gasteiger partial charge in [-0.1, -0.05) is 12.1 Å². The monoisotopic (exact) mass is 425 g/mol. The Bertz CT molecular complexity index is 1150. The standard InChI is InChI=1S/C20H15N3O8/c1-2-31-16-7-6-11(8-14(16)19(26)27)9-15-17(24)21-20(28)22(18(15)25)12-4-3-5-13(10-12)23(29)30/h3-10H,2H2,1H3,(H,26,27)(H,21,24,28)/b15-9+. The van der Waals surface area contributed by atoms with E-state index >= 15 is 0 Å². The van der Waals surface area contributed by atoms with E-state index in [-0.39, 0.29) is 34.9 Å². The Labute approximate surface area is 174 Å². The fourth-order valence-corrected chi connectivity index (χ4v) is 2.89. The van der Waals surface area contributed by atoms with E-state index in [9.17, 15) is 34.4 Å². The number of nitro groups is 1. The molecule has 2 N–H and O–H groups in total. The summed E-state index contributed by atoms with van der Waals surface area (Å²) in [5, 5.41) is 22.4. The Morgan fingerprint density at radius 2 is 1.97 bits per heavy atom. The lowest BCUT2D eigenvalue weighted by Crippen LogP contribution is -2.54. The van der Waals surface area contributed by atoms with Crippen molar-refractivity contribution >= 4 is 41.3 Å². The van der Waals surface area contributed by atoms with Gasteiger partial charge in [-0.2, -0.15) is 0 Å². The fraction of sp³-hybridized carbons (Fsp3) is 0.100. The van der Waals surface area contributed by atoms with E-state index in [0.29, 0.717) is 4.90 Å². The summed E-state index contributed by atoms with van der Waals surface area (Å²) >= 11 is 0. The minimum absolute atomic E-state index is 0.104. The van der Waals surface area contributed by atoms with Gasteiger partial charge in [0.2, 0.25) is 0 Å². The number of carbonyl (C=O) groups excluding carboxylic acids is 3. The number of non-ortho nitro benzene ring substituents is 1. The topological polar surface area (TPSA) is 156 Å². The molecule has 1 saturated heterocycles. The van der Waals surface area contributed by atoms with Gasteiger partial charge in [0.05, 0.1) is 17.2 Å². The van der Waals surface area contributed by atoms with Crippen LogP contribution in [0.25, 0.3) is 6.08 Å². The van der Waals surface area contributed by atoms with Crippen molar-refractivity contribution in [2.45, 2.75) is 6.92 Å². The molecule has 0 spiro atoms. The number of barbiturate groups is 1. The molecule has 11 heteroatoms. The number of urea groups is 1. The number of hydrogen-bond donors (Lipinski definition) is 2. The van der Waals surface area contributed by atoms with Crippen LogP contribution >= 0.6 is 0 Å². The average Bonchev–Trinajstić information content (AvgIpc) is 2.72. The molecule has 0 saturated carbocycles. The number of benzene rings is 2. The van der Waals surface area contributed by atoms with Crippen LogP contribution in [0.15, 0.2) is 48.0 Å². The predicted molar refractivity (Wildman–Crippen MR) is 107 cm³/mol. The Morgan fingerprint density at radius 1 is 1.23 bits per heavy atom. The quantitative estimate of drug-likeness (QED) is 0.309. The number of hydrogen-bond acceptors (Lipinski definition) is 7. The molecule has 2 aromatic carbocycles. The fourth-order valence-electron chi connectivity index (χ4n) is 2.89. The van der Waals surface area contributed by atoms with Crippen molar-refractivity contribution in [3.05, 3.63) is 69.3 Å². The second-order valence-corrected chi connectivity index (χ2v) is 6.23. The Hall–Kier alpha value is -4.54. The number of anilines is 1. The predicted octanol–water partition coefficient (Wildman–Crippen LogP) is 2.36. The first-order valence-corrected chi connectivity index (χ1v) is 8.89. The molecular weight excluding hydrogens is 410 g/mol. The highest BCUT2D eigenvalue weighted by atomic mass is 16.6. The molecule has 0 bridgehead atoms. The van der Waals surface area contributed by atoms with Crippen molar-refractivity contribution in [3.63, 3.8) is 0 Å². The van der Waals surface area contributed by atoms with Gasteiger partial charge in [0, 0.05) is 12.1 Å². The third-order valence-corrected chi connectivity index (χ3v) is 4.25. The minimum atomic E-state index is -1.27. The van der Waals surface area contributed by atoms with Crippen molar-refractivity contribution in [1.82, 2.24) is 5.32 Å². The number of imide groups is 2. The number of nitro benzene ring substituents is 1. The highest BCUT2D eigenvalue weighted by molar-refractivity contribution is 6.39. The zero-order valence-electron chi connectivity index (χ0n) is 16.0. The lowest BCUT2D eigenvalue weighted by atomic mass is 10.0. The molecule has 1 aliphatic rings. The first-order valence-electron chi connectivity index (χ1n) is 8.89. The van der Waals surface area contributed by atoms with E-state index in [1.54, 1.807) is 6.92 Å². The summed E-state index contributed by atoms with van der Waals surface area (Å²) in [7, 11) is 0. The van der Waals surface area contributed by atoms with Crippen LogP contribution in [-0.2, 0) is 9.59 Å². The molecule has 3 rings (SSSR count).